The zero-order chi connectivity index (χ0) is 19.1. The fraction of sp³-hybridized carbons (Fsp3) is 0.500. The molecule has 0 fully saturated rings. The molecule has 1 amide bonds. The number of nitrogens with zero attached hydrogens (tertiary/aromatic N) is 2. The Morgan fingerprint density at radius 1 is 1.40 bits per heavy atom. The highest BCUT2D eigenvalue weighted by Gasteiger charge is 2.17. The van der Waals surface area contributed by atoms with E-state index in [1.165, 1.54) is 13.1 Å². The second-order valence-electron chi connectivity index (χ2n) is 5.92. The second kappa shape index (κ2) is 9.16. The number of rotatable bonds is 9. The third kappa shape index (κ3) is 6.18. The van der Waals surface area contributed by atoms with Gasteiger partial charge in [0, 0.05) is 19.1 Å². The van der Waals surface area contributed by atoms with E-state index in [1.54, 1.807) is 0 Å². The Morgan fingerprint density at radius 2 is 2.04 bits per heavy atom. The van der Waals surface area contributed by atoms with Crippen molar-refractivity contribution in [3.63, 3.8) is 0 Å². The minimum absolute atomic E-state index is 0.0759. The molecule has 1 atom stereocenters. The predicted molar refractivity (Wildman–Crippen MR) is 102 cm³/mol. The summed E-state index contributed by atoms with van der Waals surface area (Å²) in [6, 6.07) is -0.591. The van der Waals surface area contributed by atoms with Crippen LogP contribution in [0.4, 0.5) is 11.6 Å². The third-order valence-corrected chi connectivity index (χ3v) is 3.73. The topological polar surface area (TPSA) is 134 Å². The van der Waals surface area contributed by atoms with Crippen molar-refractivity contribution in [3.8, 4) is 0 Å². The fourth-order valence-electron chi connectivity index (χ4n) is 1.91. The van der Waals surface area contributed by atoms with Gasteiger partial charge in [0.25, 0.3) is 0 Å². The number of hydrogen-bond donors (Lipinski definition) is 4. The van der Waals surface area contributed by atoms with E-state index in [0.29, 0.717) is 22.9 Å². The van der Waals surface area contributed by atoms with Crippen LogP contribution in [0.25, 0.3) is 0 Å². The SMILES string of the molecule is CCC(Nc1cnc(C(C)=O)c(NC(=S)CC(=N)C(C)C)n1)C(N)=O. The van der Waals surface area contributed by atoms with Gasteiger partial charge in [0.1, 0.15) is 17.6 Å². The number of Topliss-reactive ketones (excluding diaryl/α,β-unsaturated/α-hetero) is 1. The number of carbonyl (C=O) groups excluding carboxylic acids is 2. The molecule has 9 heteroatoms. The van der Waals surface area contributed by atoms with Crippen molar-refractivity contribution >= 4 is 46.2 Å². The minimum atomic E-state index is -0.591. The summed E-state index contributed by atoms with van der Waals surface area (Å²) in [5.74, 6) is -0.203. The lowest BCUT2D eigenvalue weighted by atomic mass is 10.1. The summed E-state index contributed by atoms with van der Waals surface area (Å²) in [5, 5.41) is 13.7. The van der Waals surface area contributed by atoms with E-state index < -0.39 is 11.9 Å². The predicted octanol–water partition coefficient (Wildman–Crippen LogP) is 2.16. The number of amides is 1. The van der Waals surface area contributed by atoms with Gasteiger partial charge in [-0.25, -0.2) is 9.97 Å². The van der Waals surface area contributed by atoms with Crippen LogP contribution in [0.5, 0.6) is 0 Å². The largest absolute Gasteiger partial charge is 0.368 e. The fourth-order valence-corrected chi connectivity index (χ4v) is 2.16. The Kier molecular flexibility index (Phi) is 7.56. The van der Waals surface area contributed by atoms with Gasteiger partial charge >= 0.3 is 0 Å². The molecule has 5 N–H and O–H groups in total. The van der Waals surface area contributed by atoms with E-state index in [9.17, 15) is 9.59 Å². The highest BCUT2D eigenvalue weighted by atomic mass is 32.1. The second-order valence-corrected chi connectivity index (χ2v) is 6.41. The molecule has 0 aromatic carbocycles. The number of ketones is 1. The number of thiocarbonyl (C=S) groups is 1. The van der Waals surface area contributed by atoms with Crippen LogP contribution in [0.2, 0.25) is 0 Å². The molecule has 136 valence electrons. The molecule has 1 aromatic heterocycles. The summed E-state index contributed by atoms with van der Waals surface area (Å²) < 4.78 is 0. The summed E-state index contributed by atoms with van der Waals surface area (Å²) in [6.07, 6.45) is 2.12. The van der Waals surface area contributed by atoms with Crippen LogP contribution in [0, 0.1) is 11.3 Å². The van der Waals surface area contributed by atoms with Gasteiger partial charge in [-0.3, -0.25) is 9.59 Å². The molecule has 0 bridgehead atoms. The molecule has 1 rings (SSSR count). The molecule has 0 aliphatic carbocycles. The van der Waals surface area contributed by atoms with Crippen molar-refractivity contribution in [2.24, 2.45) is 11.7 Å². The zero-order valence-corrected chi connectivity index (χ0v) is 15.7. The molecular weight excluding hydrogens is 340 g/mol. The van der Waals surface area contributed by atoms with E-state index in [1.807, 2.05) is 20.8 Å². The number of aromatic nitrogens is 2. The molecule has 0 spiro atoms. The minimum Gasteiger partial charge on any atom is -0.368 e. The molecule has 0 aliphatic heterocycles. The lowest BCUT2D eigenvalue weighted by Gasteiger charge is -2.16. The first kappa shape index (κ1) is 20.6. The van der Waals surface area contributed by atoms with Crippen molar-refractivity contribution in [1.82, 2.24) is 9.97 Å². The van der Waals surface area contributed by atoms with Gasteiger partial charge < -0.3 is 21.8 Å². The molecule has 1 aromatic rings. The Balaban J connectivity index is 3.03. The quantitative estimate of drug-likeness (QED) is 0.300. The van der Waals surface area contributed by atoms with Crippen LogP contribution < -0.4 is 16.4 Å². The van der Waals surface area contributed by atoms with Crippen LogP contribution in [0.15, 0.2) is 6.20 Å². The monoisotopic (exact) mass is 364 g/mol. The third-order valence-electron chi connectivity index (χ3n) is 3.49. The maximum absolute atomic E-state index is 11.8. The summed E-state index contributed by atoms with van der Waals surface area (Å²) in [6.45, 7) is 7.00. The van der Waals surface area contributed by atoms with Crippen LogP contribution in [0.1, 0.15) is 51.0 Å². The van der Waals surface area contributed by atoms with Crippen LogP contribution in [-0.4, -0.2) is 38.4 Å². The Morgan fingerprint density at radius 3 is 2.52 bits per heavy atom. The standard InChI is InChI=1S/C16H24N6O2S/c1-5-11(15(18)24)20-12-7-19-14(9(4)23)16(21-12)22-13(25)6-10(17)8(2)3/h7-8,11,17H,5-6H2,1-4H3,(H2,18,24)(H2,20,21,22,25). The molecule has 1 heterocycles. The molecule has 1 unspecified atom stereocenters. The molecule has 0 radical (unpaired) electrons. The molecule has 8 nitrogen and oxygen atoms in total. The Hall–Kier alpha value is -2.42. The first-order chi connectivity index (χ1) is 11.6. The number of nitrogens with two attached hydrogens (primary N) is 1. The van der Waals surface area contributed by atoms with Gasteiger partial charge in [-0.15, -0.1) is 0 Å². The highest BCUT2D eigenvalue weighted by molar-refractivity contribution is 7.80. The van der Waals surface area contributed by atoms with Crippen LogP contribution in [0.3, 0.4) is 0 Å². The highest BCUT2D eigenvalue weighted by Crippen LogP contribution is 2.16. The van der Waals surface area contributed by atoms with Crippen molar-refractivity contribution in [1.29, 1.82) is 5.41 Å². The van der Waals surface area contributed by atoms with Gasteiger partial charge in [0.15, 0.2) is 11.6 Å². The van der Waals surface area contributed by atoms with Gasteiger partial charge in [0.2, 0.25) is 5.91 Å². The van der Waals surface area contributed by atoms with Crippen LogP contribution >= 0.6 is 12.2 Å². The summed E-state index contributed by atoms with van der Waals surface area (Å²) in [4.78, 5) is 31.9. The molecular formula is C16H24N6O2S. The van der Waals surface area contributed by atoms with Crippen molar-refractivity contribution in [2.75, 3.05) is 10.6 Å². The number of carbonyl (C=O) groups is 2. The molecule has 25 heavy (non-hydrogen) atoms. The lowest BCUT2D eigenvalue weighted by molar-refractivity contribution is -0.118. The normalized spacial score (nSPS) is 11.7. The van der Waals surface area contributed by atoms with Gasteiger partial charge in [-0.2, -0.15) is 0 Å². The Labute approximate surface area is 152 Å². The lowest BCUT2D eigenvalue weighted by Crippen LogP contribution is -2.35. The molecule has 0 aliphatic rings. The van der Waals surface area contributed by atoms with Gasteiger partial charge in [-0.1, -0.05) is 33.0 Å². The maximum atomic E-state index is 11.8. The zero-order valence-electron chi connectivity index (χ0n) is 14.8. The number of hydrogen-bond acceptors (Lipinski definition) is 7. The average molecular weight is 364 g/mol. The van der Waals surface area contributed by atoms with Gasteiger partial charge in [0.05, 0.1) is 11.2 Å². The van der Waals surface area contributed by atoms with Crippen molar-refractivity contribution in [2.45, 2.75) is 46.6 Å². The number of primary amides is 1. The molecule has 0 saturated heterocycles. The van der Waals surface area contributed by atoms with Crippen LogP contribution in [-0.2, 0) is 4.79 Å². The number of anilines is 2. The van der Waals surface area contributed by atoms with E-state index >= 15 is 0 Å². The van der Waals surface area contributed by atoms with Crippen molar-refractivity contribution < 1.29 is 9.59 Å². The summed E-state index contributed by atoms with van der Waals surface area (Å²) in [5.41, 5.74) is 5.92. The van der Waals surface area contributed by atoms with E-state index in [4.69, 9.17) is 23.4 Å². The molecule has 0 saturated carbocycles. The Bertz CT molecular complexity index is 689. The smallest absolute Gasteiger partial charge is 0.239 e. The first-order valence-electron chi connectivity index (χ1n) is 7.96. The average Bonchev–Trinajstić information content (AvgIpc) is 2.51. The maximum Gasteiger partial charge on any atom is 0.239 e. The summed E-state index contributed by atoms with van der Waals surface area (Å²) in [7, 11) is 0. The number of nitrogens with one attached hydrogen (secondary N) is 3. The first-order valence-corrected chi connectivity index (χ1v) is 8.37. The van der Waals surface area contributed by atoms with Gasteiger partial charge in [-0.05, 0) is 12.3 Å². The van der Waals surface area contributed by atoms with Crippen molar-refractivity contribution in [3.05, 3.63) is 11.9 Å². The van der Waals surface area contributed by atoms with E-state index in [2.05, 4.69) is 20.6 Å². The van der Waals surface area contributed by atoms with E-state index in [0.717, 1.165) is 0 Å². The van der Waals surface area contributed by atoms with E-state index in [-0.39, 0.29) is 29.6 Å². The summed E-state index contributed by atoms with van der Waals surface area (Å²) >= 11 is 5.25.